The number of nitrogens with one attached hydrogen (secondary N) is 1. The van der Waals surface area contributed by atoms with Crippen LogP contribution in [0.5, 0.6) is 5.75 Å². The Kier molecular flexibility index (Phi) is 4.85. The fourth-order valence-electron chi connectivity index (χ4n) is 2.90. The number of pyridine rings is 2. The van der Waals surface area contributed by atoms with E-state index >= 15 is 0 Å². The highest BCUT2D eigenvalue weighted by Gasteiger charge is 2.12. The standard InChI is InChI=1S/C22H21N5O/c1-4-28-17-8-9-19-18(12-17)22(26-20-10-7-14(2)15(3)24-20)27-21(25-19)16-6-5-11-23-13-16/h5-13H,4H2,1-3H3,(H,24,25,26,27). The van der Waals surface area contributed by atoms with E-state index in [1.54, 1.807) is 12.4 Å². The van der Waals surface area contributed by atoms with Crippen LogP contribution in [-0.2, 0) is 0 Å². The molecule has 4 rings (SSSR count). The van der Waals surface area contributed by atoms with Crippen LogP contribution >= 0.6 is 0 Å². The summed E-state index contributed by atoms with van der Waals surface area (Å²) in [5, 5.41) is 4.23. The zero-order chi connectivity index (χ0) is 19.5. The molecule has 0 amide bonds. The maximum atomic E-state index is 5.66. The van der Waals surface area contributed by atoms with Crippen LogP contribution in [0.15, 0.2) is 54.9 Å². The number of hydrogen-bond acceptors (Lipinski definition) is 6. The smallest absolute Gasteiger partial charge is 0.163 e. The van der Waals surface area contributed by atoms with Crippen LogP contribution in [0.4, 0.5) is 11.6 Å². The Hall–Kier alpha value is -3.54. The Morgan fingerprint density at radius 2 is 1.89 bits per heavy atom. The highest BCUT2D eigenvalue weighted by molar-refractivity contribution is 5.93. The third-order valence-electron chi connectivity index (χ3n) is 4.49. The number of hydrogen-bond donors (Lipinski definition) is 1. The number of ether oxygens (including phenoxy) is 1. The third-order valence-corrected chi connectivity index (χ3v) is 4.49. The summed E-state index contributed by atoms with van der Waals surface area (Å²) in [6, 6.07) is 13.6. The molecule has 0 saturated carbocycles. The molecule has 0 atom stereocenters. The van der Waals surface area contributed by atoms with Crippen molar-refractivity contribution < 1.29 is 4.74 Å². The monoisotopic (exact) mass is 371 g/mol. The molecule has 0 aliphatic carbocycles. The van der Waals surface area contributed by atoms with Gasteiger partial charge in [-0.05, 0) is 62.7 Å². The van der Waals surface area contributed by atoms with Crippen LogP contribution in [0.3, 0.4) is 0 Å². The van der Waals surface area contributed by atoms with Gasteiger partial charge < -0.3 is 10.1 Å². The molecular formula is C22H21N5O. The first-order chi connectivity index (χ1) is 13.6. The molecule has 0 bridgehead atoms. The van der Waals surface area contributed by atoms with Gasteiger partial charge >= 0.3 is 0 Å². The van der Waals surface area contributed by atoms with Gasteiger partial charge in [0.25, 0.3) is 0 Å². The van der Waals surface area contributed by atoms with Crippen molar-refractivity contribution in [3.05, 3.63) is 66.1 Å². The lowest BCUT2D eigenvalue weighted by molar-refractivity contribution is 0.340. The summed E-state index contributed by atoms with van der Waals surface area (Å²) in [7, 11) is 0. The van der Waals surface area contributed by atoms with Crippen LogP contribution in [0.2, 0.25) is 0 Å². The normalized spacial score (nSPS) is 10.8. The van der Waals surface area contributed by atoms with Crippen molar-refractivity contribution >= 4 is 22.5 Å². The molecule has 1 N–H and O–H groups in total. The van der Waals surface area contributed by atoms with Crippen molar-refractivity contribution in [1.82, 2.24) is 19.9 Å². The van der Waals surface area contributed by atoms with E-state index in [2.05, 4.69) is 15.3 Å². The summed E-state index contributed by atoms with van der Waals surface area (Å²) in [5.74, 6) is 2.81. The number of aryl methyl sites for hydroxylation is 2. The van der Waals surface area contributed by atoms with E-state index in [1.165, 1.54) is 0 Å². The first-order valence-corrected chi connectivity index (χ1v) is 9.20. The zero-order valence-electron chi connectivity index (χ0n) is 16.1. The van der Waals surface area contributed by atoms with Gasteiger partial charge in [0.1, 0.15) is 17.4 Å². The average molecular weight is 371 g/mol. The first kappa shape index (κ1) is 17.9. The van der Waals surface area contributed by atoms with Gasteiger partial charge in [-0.15, -0.1) is 0 Å². The lowest BCUT2D eigenvalue weighted by atomic mass is 10.2. The summed E-state index contributed by atoms with van der Waals surface area (Å²) in [5.41, 5.74) is 3.80. The topological polar surface area (TPSA) is 72.8 Å². The van der Waals surface area contributed by atoms with Crippen molar-refractivity contribution in [2.24, 2.45) is 0 Å². The van der Waals surface area contributed by atoms with Crippen LogP contribution in [0.1, 0.15) is 18.2 Å². The minimum atomic E-state index is 0.599. The Balaban J connectivity index is 1.86. The summed E-state index contributed by atoms with van der Waals surface area (Å²) in [4.78, 5) is 18.3. The SMILES string of the molecule is CCOc1ccc2nc(-c3cccnc3)nc(Nc3ccc(C)c(C)n3)c2c1. The number of fused-ring (bicyclic) bond motifs is 1. The van der Waals surface area contributed by atoms with Crippen molar-refractivity contribution in [1.29, 1.82) is 0 Å². The predicted molar refractivity (Wildman–Crippen MR) is 111 cm³/mol. The highest BCUT2D eigenvalue weighted by atomic mass is 16.5. The van der Waals surface area contributed by atoms with Crippen molar-refractivity contribution in [2.75, 3.05) is 11.9 Å². The van der Waals surface area contributed by atoms with Crippen molar-refractivity contribution in [2.45, 2.75) is 20.8 Å². The minimum Gasteiger partial charge on any atom is -0.494 e. The maximum Gasteiger partial charge on any atom is 0.163 e. The highest BCUT2D eigenvalue weighted by Crippen LogP contribution is 2.29. The summed E-state index contributed by atoms with van der Waals surface area (Å²) in [6.07, 6.45) is 3.49. The van der Waals surface area contributed by atoms with Gasteiger partial charge in [-0.1, -0.05) is 6.07 Å². The molecule has 6 heteroatoms. The van der Waals surface area contributed by atoms with Gasteiger partial charge in [-0.3, -0.25) is 4.98 Å². The molecule has 6 nitrogen and oxygen atoms in total. The minimum absolute atomic E-state index is 0.599. The van der Waals surface area contributed by atoms with E-state index in [9.17, 15) is 0 Å². The first-order valence-electron chi connectivity index (χ1n) is 9.20. The van der Waals surface area contributed by atoms with Gasteiger partial charge in [-0.25, -0.2) is 15.0 Å². The van der Waals surface area contributed by atoms with E-state index in [1.807, 2.05) is 63.2 Å². The van der Waals surface area contributed by atoms with Crippen LogP contribution in [0, 0.1) is 13.8 Å². The molecule has 4 aromatic rings. The number of benzene rings is 1. The Labute approximate surface area is 163 Å². The molecule has 0 spiro atoms. The molecule has 1 aromatic carbocycles. The molecule has 0 unspecified atom stereocenters. The summed E-state index contributed by atoms with van der Waals surface area (Å²) < 4.78 is 5.66. The quantitative estimate of drug-likeness (QED) is 0.541. The van der Waals surface area contributed by atoms with Crippen molar-refractivity contribution in [3.63, 3.8) is 0 Å². The van der Waals surface area contributed by atoms with Gasteiger partial charge in [0.05, 0.1) is 12.1 Å². The molecular weight excluding hydrogens is 350 g/mol. The van der Waals surface area contributed by atoms with E-state index in [-0.39, 0.29) is 0 Å². The second-order valence-electron chi connectivity index (χ2n) is 6.47. The second kappa shape index (κ2) is 7.60. The van der Waals surface area contributed by atoms with Crippen molar-refractivity contribution in [3.8, 4) is 17.1 Å². The van der Waals surface area contributed by atoms with E-state index in [0.717, 1.165) is 39.3 Å². The van der Waals surface area contributed by atoms with E-state index < -0.39 is 0 Å². The lowest BCUT2D eigenvalue weighted by Gasteiger charge is -2.12. The molecule has 28 heavy (non-hydrogen) atoms. The predicted octanol–water partition coefficient (Wildman–Crippen LogP) is 4.85. The van der Waals surface area contributed by atoms with Gasteiger partial charge in [0, 0.05) is 29.0 Å². The second-order valence-corrected chi connectivity index (χ2v) is 6.47. The molecule has 3 aromatic heterocycles. The van der Waals surface area contributed by atoms with E-state index in [0.29, 0.717) is 18.2 Å². The molecule has 3 heterocycles. The Morgan fingerprint density at radius 1 is 1.00 bits per heavy atom. The Bertz CT molecular complexity index is 1130. The largest absolute Gasteiger partial charge is 0.494 e. The fourth-order valence-corrected chi connectivity index (χ4v) is 2.90. The van der Waals surface area contributed by atoms with Crippen LogP contribution < -0.4 is 10.1 Å². The molecule has 0 radical (unpaired) electrons. The summed E-state index contributed by atoms with van der Waals surface area (Å²) >= 11 is 0. The molecule has 0 fully saturated rings. The number of anilines is 2. The zero-order valence-corrected chi connectivity index (χ0v) is 16.1. The number of nitrogens with zero attached hydrogens (tertiary/aromatic N) is 4. The fraction of sp³-hybridized carbons (Fsp3) is 0.182. The Morgan fingerprint density at radius 3 is 2.64 bits per heavy atom. The molecule has 0 aliphatic rings. The van der Waals surface area contributed by atoms with Crippen LogP contribution in [-0.4, -0.2) is 26.5 Å². The summed E-state index contributed by atoms with van der Waals surface area (Å²) in [6.45, 7) is 6.60. The lowest BCUT2D eigenvalue weighted by Crippen LogP contribution is -2.02. The van der Waals surface area contributed by atoms with Crippen LogP contribution in [0.25, 0.3) is 22.3 Å². The molecule has 0 saturated heterocycles. The van der Waals surface area contributed by atoms with E-state index in [4.69, 9.17) is 14.7 Å². The average Bonchev–Trinajstić information content (AvgIpc) is 2.72. The number of rotatable bonds is 5. The maximum absolute atomic E-state index is 5.66. The number of aromatic nitrogens is 4. The van der Waals surface area contributed by atoms with Gasteiger partial charge in [0.15, 0.2) is 5.82 Å². The van der Waals surface area contributed by atoms with Gasteiger partial charge in [-0.2, -0.15) is 0 Å². The third kappa shape index (κ3) is 3.62. The molecule has 0 aliphatic heterocycles. The van der Waals surface area contributed by atoms with Gasteiger partial charge in [0.2, 0.25) is 0 Å². The molecule has 140 valence electrons.